The fraction of sp³-hybridized carbons (Fsp3) is 0.900. The van der Waals surface area contributed by atoms with Crippen molar-refractivity contribution in [3.05, 3.63) is 0 Å². The van der Waals surface area contributed by atoms with Crippen molar-refractivity contribution in [3.8, 4) is 0 Å². The summed E-state index contributed by atoms with van der Waals surface area (Å²) < 4.78 is 0. The van der Waals surface area contributed by atoms with Crippen LogP contribution in [0.3, 0.4) is 0 Å². The van der Waals surface area contributed by atoms with E-state index in [0.29, 0.717) is 11.7 Å². The van der Waals surface area contributed by atoms with Crippen LogP contribution in [0.4, 0.5) is 0 Å². The van der Waals surface area contributed by atoms with Crippen molar-refractivity contribution in [3.63, 3.8) is 0 Å². The molecule has 2 aliphatic carbocycles. The normalized spacial score (nSPS) is 44.1. The molecule has 0 amide bonds. The molecule has 2 rings (SSSR count). The standard InChI is InChI=1S/C10H16O/c1-7-5-8-3-2-4-10(11)9(8)6-7/h7-9H,2-6H2,1H3. The van der Waals surface area contributed by atoms with E-state index >= 15 is 0 Å². The molecule has 0 N–H and O–H groups in total. The van der Waals surface area contributed by atoms with Gasteiger partial charge in [0, 0.05) is 12.3 Å². The topological polar surface area (TPSA) is 17.1 Å². The highest BCUT2D eigenvalue weighted by molar-refractivity contribution is 5.82. The summed E-state index contributed by atoms with van der Waals surface area (Å²) in [5.74, 6) is 2.61. The first-order chi connectivity index (χ1) is 5.27. The van der Waals surface area contributed by atoms with Gasteiger partial charge in [0.05, 0.1) is 0 Å². The molecule has 0 radical (unpaired) electrons. The van der Waals surface area contributed by atoms with Crippen molar-refractivity contribution in [2.75, 3.05) is 0 Å². The average molecular weight is 152 g/mol. The zero-order chi connectivity index (χ0) is 7.84. The zero-order valence-electron chi connectivity index (χ0n) is 7.18. The van der Waals surface area contributed by atoms with E-state index in [2.05, 4.69) is 6.92 Å². The van der Waals surface area contributed by atoms with E-state index in [1.165, 1.54) is 19.3 Å². The summed E-state index contributed by atoms with van der Waals surface area (Å²) in [6.45, 7) is 2.28. The van der Waals surface area contributed by atoms with Gasteiger partial charge in [-0.05, 0) is 37.5 Å². The minimum absolute atomic E-state index is 0.471. The van der Waals surface area contributed by atoms with Crippen LogP contribution in [0.1, 0.15) is 39.0 Å². The maximum Gasteiger partial charge on any atom is 0.136 e. The fourth-order valence-electron chi connectivity index (χ4n) is 2.84. The maximum atomic E-state index is 11.4. The summed E-state index contributed by atoms with van der Waals surface area (Å²) >= 11 is 0. The largest absolute Gasteiger partial charge is 0.299 e. The van der Waals surface area contributed by atoms with Gasteiger partial charge >= 0.3 is 0 Å². The van der Waals surface area contributed by atoms with Crippen molar-refractivity contribution in [2.45, 2.75) is 39.0 Å². The van der Waals surface area contributed by atoms with Gasteiger partial charge in [-0.3, -0.25) is 4.79 Å². The third-order valence-electron chi connectivity index (χ3n) is 3.34. The van der Waals surface area contributed by atoms with Crippen LogP contribution in [0.2, 0.25) is 0 Å². The zero-order valence-corrected chi connectivity index (χ0v) is 7.18. The second-order valence-corrected chi connectivity index (χ2v) is 4.30. The quantitative estimate of drug-likeness (QED) is 0.521. The van der Waals surface area contributed by atoms with Crippen LogP contribution in [-0.4, -0.2) is 5.78 Å². The van der Waals surface area contributed by atoms with Crippen LogP contribution in [0.5, 0.6) is 0 Å². The maximum absolute atomic E-state index is 11.4. The number of hydrogen-bond donors (Lipinski definition) is 0. The Morgan fingerprint density at radius 1 is 1.36 bits per heavy atom. The van der Waals surface area contributed by atoms with Gasteiger partial charge in [-0.1, -0.05) is 6.92 Å². The summed E-state index contributed by atoms with van der Waals surface area (Å²) in [6, 6.07) is 0. The highest BCUT2D eigenvalue weighted by Gasteiger charge is 2.38. The molecular formula is C10H16O. The summed E-state index contributed by atoms with van der Waals surface area (Å²) in [7, 11) is 0. The van der Waals surface area contributed by atoms with E-state index in [4.69, 9.17) is 0 Å². The van der Waals surface area contributed by atoms with E-state index in [-0.39, 0.29) is 0 Å². The molecule has 0 aromatic heterocycles. The lowest BCUT2D eigenvalue weighted by atomic mass is 9.81. The van der Waals surface area contributed by atoms with E-state index < -0.39 is 0 Å². The van der Waals surface area contributed by atoms with Crippen LogP contribution < -0.4 is 0 Å². The first kappa shape index (κ1) is 7.33. The molecule has 0 aromatic rings. The Balaban J connectivity index is 2.09. The van der Waals surface area contributed by atoms with Gasteiger partial charge in [0.25, 0.3) is 0 Å². The van der Waals surface area contributed by atoms with Crippen LogP contribution in [0, 0.1) is 17.8 Å². The van der Waals surface area contributed by atoms with Crippen molar-refractivity contribution < 1.29 is 4.79 Å². The Labute approximate surface area is 68.2 Å². The molecule has 0 bridgehead atoms. The third kappa shape index (κ3) is 1.21. The summed E-state index contributed by atoms with van der Waals surface area (Å²) in [6.07, 6.45) is 5.85. The van der Waals surface area contributed by atoms with Gasteiger partial charge in [0.15, 0.2) is 0 Å². The number of hydrogen-bond acceptors (Lipinski definition) is 1. The molecule has 2 fully saturated rings. The van der Waals surface area contributed by atoms with Gasteiger partial charge in [0.2, 0.25) is 0 Å². The predicted molar refractivity (Wildman–Crippen MR) is 44.2 cm³/mol. The van der Waals surface area contributed by atoms with Crippen molar-refractivity contribution in [1.82, 2.24) is 0 Å². The Bertz CT molecular complexity index is 174. The lowest BCUT2D eigenvalue weighted by molar-refractivity contribution is -0.125. The number of carbonyl (C=O) groups is 1. The minimum Gasteiger partial charge on any atom is -0.299 e. The predicted octanol–water partition coefficient (Wildman–Crippen LogP) is 2.40. The first-order valence-corrected chi connectivity index (χ1v) is 4.80. The summed E-state index contributed by atoms with van der Waals surface area (Å²) in [5.41, 5.74) is 0. The fourth-order valence-corrected chi connectivity index (χ4v) is 2.84. The Morgan fingerprint density at radius 2 is 2.18 bits per heavy atom. The molecule has 0 aliphatic heterocycles. The number of ketones is 1. The molecule has 2 saturated carbocycles. The lowest BCUT2D eigenvalue weighted by Crippen LogP contribution is -2.23. The number of carbonyl (C=O) groups excluding carboxylic acids is 1. The number of fused-ring (bicyclic) bond motifs is 1. The molecule has 0 saturated heterocycles. The Hall–Kier alpha value is -0.330. The van der Waals surface area contributed by atoms with E-state index in [1.807, 2.05) is 0 Å². The molecule has 2 aliphatic rings. The molecule has 62 valence electrons. The molecule has 0 aromatic carbocycles. The second-order valence-electron chi connectivity index (χ2n) is 4.30. The molecule has 1 heteroatoms. The second kappa shape index (κ2) is 2.62. The van der Waals surface area contributed by atoms with E-state index in [1.54, 1.807) is 0 Å². The van der Waals surface area contributed by atoms with Crippen LogP contribution in [-0.2, 0) is 4.79 Å². The van der Waals surface area contributed by atoms with Gasteiger partial charge in [0.1, 0.15) is 5.78 Å². The number of Topliss-reactive ketones (excluding diaryl/α,β-unsaturated/α-hetero) is 1. The Kier molecular flexibility index (Phi) is 1.74. The highest BCUT2D eigenvalue weighted by Crippen LogP contribution is 2.42. The summed E-state index contributed by atoms with van der Waals surface area (Å²) in [4.78, 5) is 11.4. The molecule has 0 spiro atoms. The van der Waals surface area contributed by atoms with E-state index in [9.17, 15) is 4.79 Å². The van der Waals surface area contributed by atoms with Crippen LogP contribution in [0.25, 0.3) is 0 Å². The first-order valence-electron chi connectivity index (χ1n) is 4.80. The molecule has 3 atom stereocenters. The van der Waals surface area contributed by atoms with Crippen molar-refractivity contribution >= 4 is 5.78 Å². The molecule has 11 heavy (non-hydrogen) atoms. The third-order valence-corrected chi connectivity index (χ3v) is 3.34. The van der Waals surface area contributed by atoms with Crippen molar-refractivity contribution in [1.29, 1.82) is 0 Å². The molecule has 3 unspecified atom stereocenters. The smallest absolute Gasteiger partial charge is 0.136 e. The van der Waals surface area contributed by atoms with E-state index in [0.717, 1.165) is 24.7 Å². The van der Waals surface area contributed by atoms with Crippen LogP contribution >= 0.6 is 0 Å². The van der Waals surface area contributed by atoms with Gasteiger partial charge in [-0.2, -0.15) is 0 Å². The van der Waals surface area contributed by atoms with Gasteiger partial charge < -0.3 is 0 Å². The van der Waals surface area contributed by atoms with Crippen molar-refractivity contribution in [2.24, 2.45) is 17.8 Å². The molecular weight excluding hydrogens is 136 g/mol. The molecule has 0 heterocycles. The van der Waals surface area contributed by atoms with Gasteiger partial charge in [-0.25, -0.2) is 0 Å². The lowest BCUT2D eigenvalue weighted by Gasteiger charge is -2.23. The minimum atomic E-state index is 0.471. The van der Waals surface area contributed by atoms with Gasteiger partial charge in [-0.15, -0.1) is 0 Å². The Morgan fingerprint density at radius 3 is 2.91 bits per heavy atom. The highest BCUT2D eigenvalue weighted by atomic mass is 16.1. The molecule has 1 nitrogen and oxygen atoms in total. The summed E-state index contributed by atoms with van der Waals surface area (Å²) in [5, 5.41) is 0. The van der Waals surface area contributed by atoms with Crippen LogP contribution in [0.15, 0.2) is 0 Å². The average Bonchev–Trinajstić information content (AvgIpc) is 2.31. The monoisotopic (exact) mass is 152 g/mol. The SMILES string of the molecule is CC1CC2CCCC(=O)C2C1. The number of rotatable bonds is 0.